The standard InChI is InChI=1S/C12H23NS/c1-10(13-12-8-14-9-12)6-7-11-4-2-3-5-11/h10-13H,2-9H2,1H3. The SMILES string of the molecule is CC(CCC1CCCC1)NC1CSC1. The van der Waals surface area contributed by atoms with Crippen LogP contribution in [0.4, 0.5) is 0 Å². The summed E-state index contributed by atoms with van der Waals surface area (Å²) in [6.45, 7) is 2.36. The number of nitrogens with one attached hydrogen (secondary N) is 1. The van der Waals surface area contributed by atoms with Crippen LogP contribution >= 0.6 is 11.8 Å². The van der Waals surface area contributed by atoms with Crippen LogP contribution in [0.1, 0.15) is 45.4 Å². The van der Waals surface area contributed by atoms with E-state index in [9.17, 15) is 0 Å². The third-order valence-corrected chi connectivity index (χ3v) is 4.92. The zero-order chi connectivity index (χ0) is 9.80. The van der Waals surface area contributed by atoms with Crippen molar-refractivity contribution in [1.29, 1.82) is 0 Å². The molecule has 0 aromatic heterocycles. The molecule has 1 heterocycles. The lowest BCUT2D eigenvalue weighted by atomic mass is 9.99. The molecule has 0 spiro atoms. The van der Waals surface area contributed by atoms with Gasteiger partial charge in [0.05, 0.1) is 0 Å². The van der Waals surface area contributed by atoms with Crippen LogP contribution < -0.4 is 5.32 Å². The van der Waals surface area contributed by atoms with E-state index in [1.54, 1.807) is 0 Å². The Hall–Kier alpha value is 0.310. The summed E-state index contributed by atoms with van der Waals surface area (Å²) in [5.41, 5.74) is 0. The fourth-order valence-electron chi connectivity index (χ4n) is 2.60. The molecule has 2 fully saturated rings. The van der Waals surface area contributed by atoms with Crippen LogP contribution in [-0.2, 0) is 0 Å². The highest BCUT2D eigenvalue weighted by molar-refractivity contribution is 8.00. The predicted octanol–water partition coefficient (Wildman–Crippen LogP) is 3.05. The summed E-state index contributed by atoms with van der Waals surface area (Å²) >= 11 is 2.07. The zero-order valence-corrected chi connectivity index (χ0v) is 10.1. The Labute approximate surface area is 92.4 Å². The first-order valence-corrected chi connectivity index (χ1v) is 7.34. The highest BCUT2D eigenvalue weighted by atomic mass is 32.2. The molecule has 1 saturated carbocycles. The maximum atomic E-state index is 3.72. The van der Waals surface area contributed by atoms with Gasteiger partial charge in [0.25, 0.3) is 0 Å². The normalized spacial score (nSPS) is 26.4. The lowest BCUT2D eigenvalue weighted by Crippen LogP contribution is -2.45. The molecule has 1 N–H and O–H groups in total. The van der Waals surface area contributed by atoms with Crippen LogP contribution in [0.5, 0.6) is 0 Å². The van der Waals surface area contributed by atoms with Gasteiger partial charge in [0, 0.05) is 23.6 Å². The summed E-state index contributed by atoms with van der Waals surface area (Å²) < 4.78 is 0. The Morgan fingerprint density at radius 1 is 1.29 bits per heavy atom. The van der Waals surface area contributed by atoms with Gasteiger partial charge in [0.1, 0.15) is 0 Å². The molecule has 1 aliphatic heterocycles. The van der Waals surface area contributed by atoms with Gasteiger partial charge in [-0.05, 0) is 25.7 Å². The van der Waals surface area contributed by atoms with Gasteiger partial charge in [-0.1, -0.05) is 25.7 Å². The Kier molecular flexibility index (Phi) is 4.18. The predicted molar refractivity (Wildman–Crippen MR) is 64.9 cm³/mol. The van der Waals surface area contributed by atoms with E-state index in [1.807, 2.05) is 0 Å². The number of rotatable bonds is 5. The molecule has 0 aromatic rings. The summed E-state index contributed by atoms with van der Waals surface area (Å²) in [4.78, 5) is 0. The minimum Gasteiger partial charge on any atom is -0.310 e. The van der Waals surface area contributed by atoms with E-state index in [0.717, 1.165) is 18.0 Å². The summed E-state index contributed by atoms with van der Waals surface area (Å²) in [7, 11) is 0. The third-order valence-electron chi connectivity index (χ3n) is 3.64. The van der Waals surface area contributed by atoms with Crippen molar-refractivity contribution in [2.45, 2.75) is 57.5 Å². The second-order valence-electron chi connectivity index (χ2n) is 5.03. The van der Waals surface area contributed by atoms with Gasteiger partial charge in [-0.25, -0.2) is 0 Å². The second-order valence-corrected chi connectivity index (χ2v) is 6.10. The maximum absolute atomic E-state index is 3.72. The molecule has 2 heteroatoms. The molecule has 2 aliphatic rings. The van der Waals surface area contributed by atoms with Crippen molar-refractivity contribution in [3.63, 3.8) is 0 Å². The number of hydrogen-bond acceptors (Lipinski definition) is 2. The molecule has 14 heavy (non-hydrogen) atoms. The molecule has 1 unspecified atom stereocenters. The first-order chi connectivity index (χ1) is 6.84. The Bertz CT molecular complexity index is 162. The first kappa shape index (κ1) is 10.8. The van der Waals surface area contributed by atoms with E-state index in [2.05, 4.69) is 24.0 Å². The highest BCUT2D eigenvalue weighted by Gasteiger charge is 2.21. The zero-order valence-electron chi connectivity index (χ0n) is 9.30. The van der Waals surface area contributed by atoms with Gasteiger partial charge in [-0.15, -0.1) is 0 Å². The monoisotopic (exact) mass is 213 g/mol. The fraction of sp³-hybridized carbons (Fsp3) is 1.00. The van der Waals surface area contributed by atoms with Crippen molar-refractivity contribution in [2.75, 3.05) is 11.5 Å². The largest absolute Gasteiger partial charge is 0.310 e. The van der Waals surface area contributed by atoms with E-state index in [0.29, 0.717) is 0 Å². The molecule has 1 atom stereocenters. The van der Waals surface area contributed by atoms with Crippen LogP contribution in [0.3, 0.4) is 0 Å². The Morgan fingerprint density at radius 2 is 2.00 bits per heavy atom. The van der Waals surface area contributed by atoms with E-state index in [-0.39, 0.29) is 0 Å². The lowest BCUT2D eigenvalue weighted by Gasteiger charge is -2.29. The molecule has 1 saturated heterocycles. The van der Waals surface area contributed by atoms with Gasteiger partial charge in [-0.2, -0.15) is 11.8 Å². The number of thioether (sulfide) groups is 1. The molecular formula is C12H23NS. The Morgan fingerprint density at radius 3 is 2.57 bits per heavy atom. The van der Waals surface area contributed by atoms with Crippen molar-refractivity contribution in [2.24, 2.45) is 5.92 Å². The van der Waals surface area contributed by atoms with Crippen LogP contribution in [0.25, 0.3) is 0 Å². The summed E-state index contributed by atoms with van der Waals surface area (Å²) in [5.74, 6) is 3.75. The van der Waals surface area contributed by atoms with Gasteiger partial charge < -0.3 is 5.32 Å². The second kappa shape index (κ2) is 5.41. The molecule has 1 aliphatic carbocycles. The van der Waals surface area contributed by atoms with E-state index in [1.165, 1.54) is 50.0 Å². The van der Waals surface area contributed by atoms with E-state index < -0.39 is 0 Å². The van der Waals surface area contributed by atoms with Crippen LogP contribution in [0.15, 0.2) is 0 Å². The molecule has 0 radical (unpaired) electrons. The maximum Gasteiger partial charge on any atom is 0.0251 e. The van der Waals surface area contributed by atoms with Crippen LogP contribution in [0.2, 0.25) is 0 Å². The molecule has 2 rings (SSSR count). The average Bonchev–Trinajstić information content (AvgIpc) is 2.60. The third kappa shape index (κ3) is 3.16. The molecule has 82 valence electrons. The first-order valence-electron chi connectivity index (χ1n) is 6.18. The van der Waals surface area contributed by atoms with Crippen LogP contribution in [-0.4, -0.2) is 23.6 Å². The molecule has 0 aromatic carbocycles. The topological polar surface area (TPSA) is 12.0 Å². The number of hydrogen-bond donors (Lipinski definition) is 1. The highest BCUT2D eigenvalue weighted by Crippen LogP contribution is 2.29. The minimum atomic E-state index is 0.751. The quantitative estimate of drug-likeness (QED) is 0.753. The Balaban J connectivity index is 1.54. The van der Waals surface area contributed by atoms with Crippen molar-refractivity contribution in [1.82, 2.24) is 5.32 Å². The van der Waals surface area contributed by atoms with Gasteiger partial charge >= 0.3 is 0 Å². The molecular weight excluding hydrogens is 190 g/mol. The van der Waals surface area contributed by atoms with Crippen LogP contribution in [0, 0.1) is 5.92 Å². The minimum absolute atomic E-state index is 0.751. The average molecular weight is 213 g/mol. The van der Waals surface area contributed by atoms with Crippen molar-refractivity contribution < 1.29 is 0 Å². The van der Waals surface area contributed by atoms with Crippen molar-refractivity contribution in [3.8, 4) is 0 Å². The summed E-state index contributed by atoms with van der Waals surface area (Å²) in [5, 5.41) is 3.72. The van der Waals surface area contributed by atoms with Gasteiger partial charge in [0.15, 0.2) is 0 Å². The smallest absolute Gasteiger partial charge is 0.0251 e. The van der Waals surface area contributed by atoms with E-state index >= 15 is 0 Å². The van der Waals surface area contributed by atoms with E-state index in [4.69, 9.17) is 0 Å². The van der Waals surface area contributed by atoms with Gasteiger partial charge in [-0.3, -0.25) is 0 Å². The summed E-state index contributed by atoms with van der Waals surface area (Å²) in [6, 6.07) is 1.58. The van der Waals surface area contributed by atoms with Crippen molar-refractivity contribution in [3.05, 3.63) is 0 Å². The molecule has 1 nitrogen and oxygen atoms in total. The molecule has 0 bridgehead atoms. The summed E-state index contributed by atoms with van der Waals surface area (Å²) in [6.07, 6.45) is 8.86. The van der Waals surface area contributed by atoms with Crippen molar-refractivity contribution >= 4 is 11.8 Å². The van der Waals surface area contributed by atoms with Gasteiger partial charge in [0.2, 0.25) is 0 Å². The lowest BCUT2D eigenvalue weighted by molar-refractivity contribution is 0.400. The fourth-order valence-corrected chi connectivity index (χ4v) is 3.27. The molecule has 0 amide bonds.